The third-order valence-corrected chi connectivity index (χ3v) is 5.42. The Hall–Kier alpha value is -2.03. The summed E-state index contributed by atoms with van der Waals surface area (Å²) in [5, 5.41) is 10.2. The van der Waals surface area contributed by atoms with Gasteiger partial charge in [-0.1, -0.05) is 6.07 Å². The van der Waals surface area contributed by atoms with E-state index in [-0.39, 0.29) is 12.6 Å². The van der Waals surface area contributed by atoms with Gasteiger partial charge >= 0.3 is 6.03 Å². The van der Waals surface area contributed by atoms with E-state index in [0.717, 1.165) is 38.3 Å². The summed E-state index contributed by atoms with van der Waals surface area (Å²) < 4.78 is 11.3. The first kappa shape index (κ1) is 20.7. The number of rotatable bonds is 8. The molecule has 2 amide bonds. The number of aliphatic hydroxyl groups excluding tert-OH is 1. The number of piperazine rings is 1. The van der Waals surface area contributed by atoms with Gasteiger partial charge in [0.25, 0.3) is 0 Å². The molecule has 3 N–H and O–H groups in total. The van der Waals surface area contributed by atoms with Crippen LogP contribution in [-0.4, -0.2) is 91.5 Å². The molecule has 0 unspecified atom stereocenters. The van der Waals surface area contributed by atoms with Crippen LogP contribution in [0.15, 0.2) is 18.2 Å². The van der Waals surface area contributed by atoms with E-state index in [1.165, 1.54) is 12.8 Å². The molecular formula is C20H32N4O4. The number of amides is 2. The molecule has 1 aromatic rings. The minimum atomic E-state index is -0.510. The van der Waals surface area contributed by atoms with Crippen LogP contribution in [0.4, 0.5) is 4.79 Å². The van der Waals surface area contributed by atoms with Crippen molar-refractivity contribution in [3.63, 3.8) is 0 Å². The maximum Gasteiger partial charge on any atom is 0.314 e. The molecule has 0 saturated carbocycles. The quantitative estimate of drug-likeness (QED) is 0.678. The van der Waals surface area contributed by atoms with Gasteiger partial charge < -0.3 is 30.1 Å². The lowest BCUT2D eigenvalue weighted by Crippen LogP contribution is -2.50. The second-order valence-corrected chi connectivity index (χ2v) is 7.56. The average molecular weight is 393 g/mol. The minimum absolute atomic E-state index is 0.251. The molecular weight excluding hydrogens is 360 g/mol. The molecule has 3 rings (SSSR count). The van der Waals surface area contributed by atoms with Crippen molar-refractivity contribution in [2.24, 2.45) is 5.73 Å². The number of β-amino-alcohol motifs (C(OH)–C–C–N with tert-alkyl or cyclic N) is 1. The first-order chi connectivity index (χ1) is 13.5. The molecule has 2 aliphatic rings. The predicted octanol–water partition coefficient (Wildman–Crippen LogP) is 0.727. The van der Waals surface area contributed by atoms with Crippen molar-refractivity contribution in [3.8, 4) is 11.5 Å². The summed E-state index contributed by atoms with van der Waals surface area (Å²) in [7, 11) is 1.62. The molecule has 28 heavy (non-hydrogen) atoms. The molecule has 0 spiro atoms. The highest BCUT2D eigenvalue weighted by atomic mass is 16.5. The van der Waals surface area contributed by atoms with E-state index < -0.39 is 6.10 Å². The lowest BCUT2D eigenvalue weighted by Gasteiger charge is -2.33. The number of hydrogen-bond acceptors (Lipinski definition) is 6. The highest BCUT2D eigenvalue weighted by molar-refractivity contribution is 5.72. The second kappa shape index (κ2) is 9.95. The first-order valence-electron chi connectivity index (χ1n) is 10.0. The lowest BCUT2D eigenvalue weighted by atomic mass is 10.1. The van der Waals surface area contributed by atoms with Crippen molar-refractivity contribution in [1.29, 1.82) is 0 Å². The average Bonchev–Trinajstić information content (AvgIpc) is 3.20. The largest absolute Gasteiger partial charge is 0.493 e. The maximum atomic E-state index is 11.2. The van der Waals surface area contributed by atoms with E-state index in [0.29, 0.717) is 31.1 Å². The number of ether oxygens (including phenoxy) is 2. The fourth-order valence-corrected chi connectivity index (χ4v) is 3.82. The Morgan fingerprint density at radius 1 is 1.11 bits per heavy atom. The fraction of sp³-hybridized carbons (Fsp3) is 0.650. The predicted molar refractivity (Wildman–Crippen MR) is 107 cm³/mol. The van der Waals surface area contributed by atoms with E-state index >= 15 is 0 Å². The molecule has 2 saturated heterocycles. The SMILES string of the molecule is COc1cc(CN2CCN(C(N)=O)CC2)ccc1OC[C@H](O)CN1CCCC1. The maximum absolute atomic E-state index is 11.2. The minimum Gasteiger partial charge on any atom is -0.493 e. The van der Waals surface area contributed by atoms with Gasteiger partial charge in [-0.2, -0.15) is 0 Å². The van der Waals surface area contributed by atoms with Gasteiger partial charge in [0.2, 0.25) is 0 Å². The smallest absolute Gasteiger partial charge is 0.314 e. The van der Waals surface area contributed by atoms with Crippen LogP contribution in [0.1, 0.15) is 18.4 Å². The molecule has 156 valence electrons. The van der Waals surface area contributed by atoms with Crippen LogP contribution in [0.3, 0.4) is 0 Å². The van der Waals surface area contributed by atoms with Gasteiger partial charge in [0, 0.05) is 39.3 Å². The van der Waals surface area contributed by atoms with Gasteiger partial charge in [0.05, 0.1) is 7.11 Å². The molecule has 8 heteroatoms. The molecule has 2 fully saturated rings. The number of benzene rings is 1. The van der Waals surface area contributed by atoms with Gasteiger partial charge in [-0.05, 0) is 43.6 Å². The standard InChI is InChI=1S/C20H32N4O4/c1-27-19-12-16(13-23-8-10-24(11-9-23)20(21)26)4-5-18(19)28-15-17(25)14-22-6-2-3-7-22/h4-5,12,17,25H,2-3,6-11,13-15H2,1H3,(H2,21,26)/t17-/m1/s1. The van der Waals surface area contributed by atoms with Crippen molar-refractivity contribution in [2.75, 3.05) is 59.5 Å². The Morgan fingerprint density at radius 2 is 1.82 bits per heavy atom. The first-order valence-corrected chi connectivity index (χ1v) is 10.0. The van der Waals surface area contributed by atoms with Crippen molar-refractivity contribution in [3.05, 3.63) is 23.8 Å². The summed E-state index contributed by atoms with van der Waals surface area (Å²) in [5.41, 5.74) is 6.45. The summed E-state index contributed by atoms with van der Waals surface area (Å²) in [6, 6.07) is 5.54. The van der Waals surface area contributed by atoms with Gasteiger partial charge in [0.15, 0.2) is 11.5 Å². The summed E-state index contributed by atoms with van der Waals surface area (Å²) >= 11 is 0. The zero-order valence-corrected chi connectivity index (χ0v) is 16.7. The van der Waals surface area contributed by atoms with Crippen LogP contribution in [-0.2, 0) is 6.54 Å². The Morgan fingerprint density at radius 3 is 2.46 bits per heavy atom. The molecule has 2 heterocycles. The van der Waals surface area contributed by atoms with Gasteiger partial charge in [0.1, 0.15) is 12.7 Å². The molecule has 0 aliphatic carbocycles. The van der Waals surface area contributed by atoms with Gasteiger partial charge in [-0.3, -0.25) is 4.90 Å². The van der Waals surface area contributed by atoms with Crippen LogP contribution in [0.2, 0.25) is 0 Å². The van der Waals surface area contributed by atoms with E-state index in [1.54, 1.807) is 12.0 Å². The topological polar surface area (TPSA) is 91.5 Å². The summed E-state index contributed by atoms with van der Waals surface area (Å²) in [5.74, 6) is 1.31. The van der Waals surface area contributed by atoms with Crippen LogP contribution in [0, 0.1) is 0 Å². The fourth-order valence-electron chi connectivity index (χ4n) is 3.82. The monoisotopic (exact) mass is 392 g/mol. The van der Waals surface area contributed by atoms with Gasteiger partial charge in [-0.15, -0.1) is 0 Å². The number of methoxy groups -OCH3 is 1. The molecule has 0 radical (unpaired) electrons. The van der Waals surface area contributed by atoms with E-state index in [2.05, 4.69) is 9.80 Å². The molecule has 1 atom stereocenters. The Kier molecular flexibility index (Phi) is 7.36. The molecule has 0 bridgehead atoms. The number of hydrogen-bond donors (Lipinski definition) is 2. The molecule has 2 aliphatic heterocycles. The molecule has 0 aromatic heterocycles. The van der Waals surface area contributed by atoms with E-state index in [9.17, 15) is 9.90 Å². The number of nitrogens with zero attached hydrogens (tertiary/aromatic N) is 3. The van der Waals surface area contributed by atoms with Crippen molar-refractivity contribution in [2.45, 2.75) is 25.5 Å². The normalized spacial score (nSPS) is 19.6. The molecule has 8 nitrogen and oxygen atoms in total. The van der Waals surface area contributed by atoms with E-state index in [1.807, 2.05) is 18.2 Å². The highest BCUT2D eigenvalue weighted by Gasteiger charge is 2.20. The van der Waals surface area contributed by atoms with Crippen molar-refractivity contribution < 1.29 is 19.4 Å². The van der Waals surface area contributed by atoms with Crippen LogP contribution < -0.4 is 15.2 Å². The number of carbonyl (C=O) groups is 1. The third kappa shape index (κ3) is 5.73. The zero-order valence-electron chi connectivity index (χ0n) is 16.7. The van der Waals surface area contributed by atoms with Crippen LogP contribution in [0.5, 0.6) is 11.5 Å². The van der Waals surface area contributed by atoms with Crippen LogP contribution >= 0.6 is 0 Å². The number of nitrogens with two attached hydrogens (primary N) is 1. The van der Waals surface area contributed by atoms with Crippen molar-refractivity contribution in [1.82, 2.24) is 14.7 Å². The van der Waals surface area contributed by atoms with Gasteiger partial charge in [-0.25, -0.2) is 4.79 Å². The number of carbonyl (C=O) groups excluding carboxylic acids is 1. The second-order valence-electron chi connectivity index (χ2n) is 7.56. The number of likely N-dealkylation sites (tertiary alicyclic amines) is 1. The third-order valence-electron chi connectivity index (χ3n) is 5.42. The zero-order chi connectivity index (χ0) is 19.9. The van der Waals surface area contributed by atoms with Crippen molar-refractivity contribution >= 4 is 6.03 Å². The lowest BCUT2D eigenvalue weighted by molar-refractivity contribution is 0.0747. The summed E-state index contributed by atoms with van der Waals surface area (Å²) in [6.45, 7) is 6.70. The highest BCUT2D eigenvalue weighted by Crippen LogP contribution is 2.29. The Labute approximate surface area is 166 Å². The number of urea groups is 1. The number of aliphatic hydroxyl groups is 1. The molecule has 1 aromatic carbocycles. The van der Waals surface area contributed by atoms with Crippen LogP contribution in [0.25, 0.3) is 0 Å². The Balaban J connectivity index is 1.49. The van der Waals surface area contributed by atoms with E-state index in [4.69, 9.17) is 15.2 Å². The summed E-state index contributed by atoms with van der Waals surface area (Å²) in [6.07, 6.45) is 1.91. The number of primary amides is 1. The Bertz CT molecular complexity index is 643. The summed E-state index contributed by atoms with van der Waals surface area (Å²) in [4.78, 5) is 17.4.